The molecule has 3 aromatic carbocycles. The zero-order valence-electron chi connectivity index (χ0n) is 17.7. The fourth-order valence-corrected chi connectivity index (χ4v) is 4.79. The van der Waals surface area contributed by atoms with Crippen LogP contribution in [0.15, 0.2) is 71.6 Å². The molecule has 0 spiro atoms. The molecule has 6 nitrogen and oxygen atoms in total. The topological polar surface area (TPSA) is 76.7 Å². The van der Waals surface area contributed by atoms with E-state index < -0.39 is 16.4 Å². The number of benzene rings is 3. The molecule has 1 saturated carbocycles. The molecule has 1 aliphatic carbocycles. The van der Waals surface area contributed by atoms with Crippen molar-refractivity contribution in [2.24, 2.45) is 0 Å². The van der Waals surface area contributed by atoms with E-state index in [9.17, 15) is 9.00 Å². The average molecular weight is 449 g/mol. The fourth-order valence-electron chi connectivity index (χ4n) is 3.98. The molecule has 2 N–H and O–H groups in total. The van der Waals surface area contributed by atoms with E-state index in [1.807, 2.05) is 73.7 Å². The largest absolute Gasteiger partial charge is 0.454 e. The van der Waals surface area contributed by atoms with Gasteiger partial charge in [0.15, 0.2) is 11.5 Å². The zero-order valence-corrected chi connectivity index (χ0v) is 18.5. The summed E-state index contributed by atoms with van der Waals surface area (Å²) in [6.07, 6.45) is 1.62. The van der Waals surface area contributed by atoms with Crippen LogP contribution in [0.2, 0.25) is 0 Å². The van der Waals surface area contributed by atoms with Crippen LogP contribution in [0.5, 0.6) is 11.5 Å². The minimum Gasteiger partial charge on any atom is -0.454 e. The highest BCUT2D eigenvalue weighted by Gasteiger charge is 2.51. The first-order valence-electron chi connectivity index (χ1n) is 10.7. The molecule has 32 heavy (non-hydrogen) atoms. The first-order chi connectivity index (χ1) is 15.6. The SMILES string of the molecule is CCNS(=O)c1ccc(-c2cccc(NC(=O)C3(c4ccc5c(c4)OCO5)CC3)c2)cc1. The minimum atomic E-state index is -1.21. The summed E-state index contributed by atoms with van der Waals surface area (Å²) in [5.74, 6) is 1.41. The van der Waals surface area contributed by atoms with E-state index in [4.69, 9.17) is 9.47 Å². The Labute approximate surface area is 189 Å². The Morgan fingerprint density at radius 2 is 1.75 bits per heavy atom. The molecule has 1 atom stereocenters. The van der Waals surface area contributed by atoms with E-state index in [1.54, 1.807) is 0 Å². The van der Waals surface area contributed by atoms with Crippen LogP contribution < -0.4 is 19.5 Å². The Morgan fingerprint density at radius 1 is 0.969 bits per heavy atom. The van der Waals surface area contributed by atoms with E-state index in [0.717, 1.165) is 45.9 Å². The maximum absolute atomic E-state index is 13.2. The lowest BCUT2D eigenvalue weighted by Crippen LogP contribution is -2.27. The Kier molecular flexibility index (Phi) is 5.45. The Hall–Kier alpha value is -3.16. The number of nitrogens with one attached hydrogen (secondary N) is 2. The number of ether oxygens (including phenoxy) is 2. The number of carbonyl (C=O) groups excluding carboxylic acids is 1. The molecule has 1 amide bonds. The summed E-state index contributed by atoms with van der Waals surface area (Å²) in [7, 11) is -1.21. The van der Waals surface area contributed by atoms with Gasteiger partial charge in [0, 0.05) is 12.2 Å². The van der Waals surface area contributed by atoms with Gasteiger partial charge in [-0.2, -0.15) is 0 Å². The molecule has 1 heterocycles. The summed E-state index contributed by atoms with van der Waals surface area (Å²) in [5.41, 5.74) is 3.17. The van der Waals surface area contributed by atoms with Crippen LogP contribution in [0, 0.1) is 0 Å². The van der Waals surface area contributed by atoms with Crippen molar-refractivity contribution in [3.8, 4) is 22.6 Å². The maximum atomic E-state index is 13.2. The third kappa shape index (κ3) is 3.89. The zero-order chi connectivity index (χ0) is 22.1. The van der Waals surface area contributed by atoms with Crippen LogP contribution in [0.25, 0.3) is 11.1 Å². The smallest absolute Gasteiger partial charge is 0.235 e. The van der Waals surface area contributed by atoms with Crippen molar-refractivity contribution in [2.75, 3.05) is 18.7 Å². The van der Waals surface area contributed by atoms with Crippen molar-refractivity contribution >= 4 is 22.6 Å². The van der Waals surface area contributed by atoms with Gasteiger partial charge in [-0.15, -0.1) is 0 Å². The van der Waals surface area contributed by atoms with Crippen LogP contribution in [-0.2, 0) is 21.2 Å². The summed E-state index contributed by atoms with van der Waals surface area (Å²) in [6, 6.07) is 21.1. The first kappa shape index (κ1) is 20.7. The Balaban J connectivity index is 1.33. The normalized spacial score (nSPS) is 16.4. The molecule has 1 aliphatic heterocycles. The summed E-state index contributed by atoms with van der Waals surface area (Å²) < 4.78 is 25.9. The van der Waals surface area contributed by atoms with Crippen LogP contribution in [0.1, 0.15) is 25.3 Å². The quantitative estimate of drug-likeness (QED) is 0.562. The van der Waals surface area contributed by atoms with Crippen molar-refractivity contribution in [1.82, 2.24) is 4.72 Å². The van der Waals surface area contributed by atoms with Gasteiger partial charge in [-0.1, -0.05) is 37.3 Å². The average Bonchev–Trinajstić information content (AvgIpc) is 3.50. The summed E-state index contributed by atoms with van der Waals surface area (Å²) in [5, 5.41) is 3.10. The number of hydrogen-bond donors (Lipinski definition) is 2. The highest BCUT2D eigenvalue weighted by molar-refractivity contribution is 7.83. The standard InChI is InChI=1S/C25H24N2O4S/c1-2-26-32(29)21-9-6-17(7-10-21)18-4-3-5-20(14-18)27-24(28)25(12-13-25)19-8-11-22-23(15-19)31-16-30-22/h3-11,14-15,26H,2,12-13,16H2,1H3,(H,27,28). The molecule has 2 aliphatic rings. The summed E-state index contributed by atoms with van der Waals surface area (Å²) in [6.45, 7) is 2.78. The lowest BCUT2D eigenvalue weighted by Gasteiger charge is -2.17. The second-order valence-corrected chi connectivity index (χ2v) is 9.27. The van der Waals surface area contributed by atoms with E-state index in [-0.39, 0.29) is 12.7 Å². The number of hydrogen-bond acceptors (Lipinski definition) is 4. The highest BCUT2D eigenvalue weighted by atomic mass is 32.2. The van der Waals surface area contributed by atoms with Gasteiger partial charge < -0.3 is 14.8 Å². The number of anilines is 1. The number of fused-ring (bicyclic) bond motifs is 1. The highest BCUT2D eigenvalue weighted by Crippen LogP contribution is 2.51. The summed E-state index contributed by atoms with van der Waals surface area (Å²) in [4.78, 5) is 13.9. The molecule has 0 saturated heterocycles. The molecule has 0 bridgehead atoms. The van der Waals surface area contributed by atoms with Gasteiger partial charge in [-0.3, -0.25) is 4.79 Å². The molecule has 0 radical (unpaired) electrons. The van der Waals surface area contributed by atoms with Crippen molar-refractivity contribution in [3.05, 3.63) is 72.3 Å². The van der Waals surface area contributed by atoms with E-state index >= 15 is 0 Å². The Bertz CT molecular complexity index is 1190. The molecule has 1 fully saturated rings. The maximum Gasteiger partial charge on any atom is 0.235 e. The minimum absolute atomic E-state index is 0.00935. The lowest BCUT2D eigenvalue weighted by molar-refractivity contribution is -0.118. The predicted octanol–water partition coefficient (Wildman–Crippen LogP) is 4.38. The van der Waals surface area contributed by atoms with Crippen LogP contribution in [0.4, 0.5) is 5.69 Å². The Morgan fingerprint density at radius 3 is 2.50 bits per heavy atom. The molecule has 1 unspecified atom stereocenters. The molecule has 0 aromatic heterocycles. The fraction of sp³-hybridized carbons (Fsp3) is 0.240. The molecule has 164 valence electrons. The van der Waals surface area contributed by atoms with Crippen molar-refractivity contribution < 1.29 is 18.5 Å². The van der Waals surface area contributed by atoms with Gasteiger partial charge in [-0.25, -0.2) is 8.93 Å². The number of rotatable bonds is 7. The van der Waals surface area contributed by atoms with Gasteiger partial charge in [0.05, 0.1) is 10.3 Å². The lowest BCUT2D eigenvalue weighted by atomic mass is 9.94. The molecule has 5 rings (SSSR count). The van der Waals surface area contributed by atoms with Gasteiger partial charge in [-0.05, 0) is 65.9 Å². The summed E-state index contributed by atoms with van der Waals surface area (Å²) >= 11 is 0. The monoisotopic (exact) mass is 448 g/mol. The van der Waals surface area contributed by atoms with E-state index in [1.165, 1.54) is 0 Å². The van der Waals surface area contributed by atoms with Crippen molar-refractivity contribution in [3.63, 3.8) is 0 Å². The third-order valence-corrected chi connectivity index (χ3v) is 7.16. The third-order valence-electron chi connectivity index (χ3n) is 5.91. The molecular formula is C25H24N2O4S. The van der Waals surface area contributed by atoms with Crippen molar-refractivity contribution in [1.29, 1.82) is 0 Å². The number of amides is 1. The van der Waals surface area contributed by atoms with E-state index in [2.05, 4.69) is 10.0 Å². The molecule has 3 aromatic rings. The molecule has 7 heteroatoms. The van der Waals surface area contributed by atoms with Gasteiger partial charge in [0.25, 0.3) is 0 Å². The van der Waals surface area contributed by atoms with Crippen LogP contribution >= 0.6 is 0 Å². The predicted molar refractivity (Wildman–Crippen MR) is 124 cm³/mol. The van der Waals surface area contributed by atoms with Crippen LogP contribution in [0.3, 0.4) is 0 Å². The van der Waals surface area contributed by atoms with Gasteiger partial charge >= 0.3 is 0 Å². The molecular weight excluding hydrogens is 424 g/mol. The van der Waals surface area contributed by atoms with Gasteiger partial charge in [0.2, 0.25) is 12.7 Å². The van der Waals surface area contributed by atoms with E-state index in [0.29, 0.717) is 12.3 Å². The van der Waals surface area contributed by atoms with Crippen molar-refractivity contribution in [2.45, 2.75) is 30.1 Å². The number of carbonyl (C=O) groups is 1. The van der Waals surface area contributed by atoms with Crippen LogP contribution in [-0.4, -0.2) is 23.5 Å². The second kappa shape index (κ2) is 8.41. The first-order valence-corrected chi connectivity index (χ1v) is 11.8. The van der Waals surface area contributed by atoms with Gasteiger partial charge in [0.1, 0.15) is 11.0 Å². The second-order valence-electron chi connectivity index (χ2n) is 7.98.